The lowest BCUT2D eigenvalue weighted by molar-refractivity contribution is -0.144. The molecular weight excluding hydrogens is 506 g/mol. The molecule has 9 heteroatoms. The Labute approximate surface area is 230 Å². The van der Waals surface area contributed by atoms with Crippen LogP contribution in [0, 0.1) is 20.8 Å². The third-order valence-corrected chi connectivity index (χ3v) is 6.36. The largest absolute Gasteiger partial charge is 0.444 e. The first-order valence-corrected chi connectivity index (χ1v) is 13.1. The van der Waals surface area contributed by atoms with Crippen LogP contribution in [0.4, 0.5) is 10.5 Å². The molecular formula is C29H40ClN3O5. The molecule has 0 saturated heterocycles. The minimum absolute atomic E-state index is 0.374. The van der Waals surface area contributed by atoms with Crippen LogP contribution in [0.15, 0.2) is 36.4 Å². The molecule has 0 radical (unpaired) electrons. The van der Waals surface area contributed by atoms with Gasteiger partial charge in [0.2, 0.25) is 5.91 Å². The highest BCUT2D eigenvalue weighted by molar-refractivity contribution is 6.34. The molecule has 3 atom stereocenters. The van der Waals surface area contributed by atoms with Gasteiger partial charge in [0.15, 0.2) is 0 Å². The molecule has 0 aliphatic carbocycles. The molecule has 2 aromatic carbocycles. The first-order chi connectivity index (χ1) is 17.7. The van der Waals surface area contributed by atoms with Crippen molar-refractivity contribution in [3.8, 4) is 0 Å². The Morgan fingerprint density at radius 2 is 1.68 bits per heavy atom. The second-order valence-electron chi connectivity index (χ2n) is 10.6. The van der Waals surface area contributed by atoms with E-state index in [1.807, 2.05) is 58.9 Å². The van der Waals surface area contributed by atoms with E-state index in [0.29, 0.717) is 22.7 Å². The maximum absolute atomic E-state index is 14.0. The van der Waals surface area contributed by atoms with Crippen LogP contribution in [0.2, 0.25) is 5.02 Å². The Hall–Kier alpha value is -3.10. The van der Waals surface area contributed by atoms with Crippen molar-refractivity contribution in [2.45, 2.75) is 85.5 Å². The molecule has 2 rings (SSSR count). The fourth-order valence-corrected chi connectivity index (χ4v) is 4.47. The second kappa shape index (κ2) is 13.1. The topological polar surface area (TPSA) is 108 Å². The van der Waals surface area contributed by atoms with Crippen LogP contribution in [0.25, 0.3) is 0 Å². The van der Waals surface area contributed by atoms with Crippen molar-refractivity contribution in [3.63, 3.8) is 0 Å². The fraction of sp³-hybridized carbons (Fsp3) is 0.483. The zero-order valence-corrected chi connectivity index (χ0v) is 24.3. The van der Waals surface area contributed by atoms with Crippen molar-refractivity contribution in [2.75, 3.05) is 11.9 Å². The molecule has 0 spiro atoms. The molecule has 0 aliphatic rings. The van der Waals surface area contributed by atoms with Crippen LogP contribution in [0.3, 0.4) is 0 Å². The number of hydrogen-bond donors (Lipinski definition) is 3. The summed E-state index contributed by atoms with van der Waals surface area (Å²) in [5.74, 6) is -1.07. The number of aliphatic hydroxyl groups is 1. The van der Waals surface area contributed by atoms with Gasteiger partial charge in [-0.1, -0.05) is 60.0 Å². The van der Waals surface area contributed by atoms with E-state index in [1.54, 1.807) is 32.9 Å². The van der Waals surface area contributed by atoms with Crippen LogP contribution < -0.4 is 10.6 Å². The number of ether oxygens (including phenoxy) is 1. The number of alkyl carbamates (subject to hydrolysis) is 1. The normalized spacial score (nSPS) is 13.7. The molecule has 0 bridgehead atoms. The quantitative estimate of drug-likeness (QED) is 0.388. The van der Waals surface area contributed by atoms with Gasteiger partial charge in [0.05, 0.1) is 17.3 Å². The minimum atomic E-state index is -1.32. The Balaban J connectivity index is 2.60. The van der Waals surface area contributed by atoms with E-state index < -0.39 is 48.2 Å². The number of aliphatic hydroxyl groups excluding tert-OH is 1. The summed E-state index contributed by atoms with van der Waals surface area (Å²) in [5.41, 5.74) is 2.88. The number of nitrogens with one attached hydrogen (secondary N) is 2. The standard InChI is InChI=1S/C29H40ClN3O5/c1-9-20(5)33(27(36)23(16-34)31-28(37)38-29(6,7)8)25(21-14-17(2)13-18(3)15-21)26(35)32-24-19(4)11-10-12-22(24)30/h10-15,20,23,25,34H,9,16H2,1-8H3,(H,31,37)(H,32,35). The lowest BCUT2D eigenvalue weighted by Crippen LogP contribution is -2.56. The zero-order chi connectivity index (χ0) is 28.8. The molecule has 0 aromatic heterocycles. The third kappa shape index (κ3) is 8.20. The molecule has 3 unspecified atom stereocenters. The number of hydrogen-bond acceptors (Lipinski definition) is 5. The van der Waals surface area contributed by atoms with Gasteiger partial charge in [0.25, 0.3) is 5.91 Å². The van der Waals surface area contributed by atoms with Gasteiger partial charge < -0.3 is 25.4 Å². The highest BCUT2D eigenvalue weighted by Crippen LogP contribution is 2.31. The van der Waals surface area contributed by atoms with E-state index in [0.717, 1.165) is 16.7 Å². The summed E-state index contributed by atoms with van der Waals surface area (Å²) in [6, 6.07) is 8.19. The molecule has 0 saturated carbocycles. The molecule has 0 aliphatic heterocycles. The number of carbonyl (C=O) groups excluding carboxylic acids is 3. The van der Waals surface area contributed by atoms with Crippen LogP contribution in [0.5, 0.6) is 0 Å². The van der Waals surface area contributed by atoms with Gasteiger partial charge in [0.1, 0.15) is 17.7 Å². The number of aryl methyl sites for hydroxylation is 3. The monoisotopic (exact) mass is 545 g/mol. The van der Waals surface area contributed by atoms with Gasteiger partial charge in [0, 0.05) is 6.04 Å². The number of para-hydroxylation sites is 1. The Kier molecular flexibility index (Phi) is 10.7. The maximum Gasteiger partial charge on any atom is 0.408 e. The van der Waals surface area contributed by atoms with Gasteiger partial charge in [-0.3, -0.25) is 9.59 Å². The molecule has 208 valence electrons. The average Bonchev–Trinajstić information content (AvgIpc) is 2.80. The van der Waals surface area contributed by atoms with Crippen molar-refractivity contribution in [2.24, 2.45) is 0 Å². The number of carbonyl (C=O) groups is 3. The van der Waals surface area contributed by atoms with Crippen molar-refractivity contribution in [1.82, 2.24) is 10.2 Å². The van der Waals surface area contributed by atoms with Gasteiger partial charge in [-0.2, -0.15) is 0 Å². The fourth-order valence-electron chi connectivity index (χ4n) is 4.20. The lowest BCUT2D eigenvalue weighted by atomic mass is 9.96. The zero-order valence-electron chi connectivity index (χ0n) is 23.5. The molecule has 8 nitrogen and oxygen atoms in total. The maximum atomic E-state index is 14.0. The molecule has 0 fully saturated rings. The molecule has 2 aromatic rings. The van der Waals surface area contributed by atoms with Crippen molar-refractivity contribution >= 4 is 35.2 Å². The van der Waals surface area contributed by atoms with Crippen LogP contribution in [-0.2, 0) is 14.3 Å². The van der Waals surface area contributed by atoms with Gasteiger partial charge in [-0.25, -0.2) is 4.79 Å². The van der Waals surface area contributed by atoms with Gasteiger partial charge in [-0.05, 0) is 72.1 Å². The summed E-state index contributed by atoms with van der Waals surface area (Å²) < 4.78 is 5.29. The number of halogens is 1. The Bertz CT molecular complexity index is 1120. The SMILES string of the molecule is CCC(C)N(C(=O)C(CO)NC(=O)OC(C)(C)C)C(C(=O)Nc1c(C)cccc1Cl)c1cc(C)cc(C)c1. The van der Waals surface area contributed by atoms with Crippen LogP contribution >= 0.6 is 11.6 Å². The van der Waals surface area contributed by atoms with E-state index >= 15 is 0 Å². The van der Waals surface area contributed by atoms with Crippen LogP contribution in [0.1, 0.15) is 69.3 Å². The Morgan fingerprint density at radius 1 is 1.08 bits per heavy atom. The summed E-state index contributed by atoms with van der Waals surface area (Å²) >= 11 is 6.40. The third-order valence-electron chi connectivity index (χ3n) is 6.05. The number of anilines is 1. The number of benzene rings is 2. The summed E-state index contributed by atoms with van der Waals surface area (Å²) in [4.78, 5) is 41.8. The van der Waals surface area contributed by atoms with E-state index in [-0.39, 0.29) is 0 Å². The first kappa shape index (κ1) is 31.1. The molecule has 38 heavy (non-hydrogen) atoms. The molecule has 3 amide bonds. The van der Waals surface area contributed by atoms with Crippen LogP contribution in [-0.4, -0.2) is 52.2 Å². The van der Waals surface area contributed by atoms with Gasteiger partial charge >= 0.3 is 6.09 Å². The summed E-state index contributed by atoms with van der Waals surface area (Å²) in [6.07, 6.45) is -0.316. The number of rotatable bonds is 9. The minimum Gasteiger partial charge on any atom is -0.444 e. The predicted molar refractivity (Wildman–Crippen MR) is 150 cm³/mol. The average molecular weight is 546 g/mol. The van der Waals surface area contributed by atoms with Crippen molar-refractivity contribution in [3.05, 3.63) is 63.7 Å². The van der Waals surface area contributed by atoms with Crippen molar-refractivity contribution in [1.29, 1.82) is 0 Å². The molecule has 3 N–H and O–H groups in total. The van der Waals surface area contributed by atoms with E-state index in [9.17, 15) is 19.5 Å². The first-order valence-electron chi connectivity index (χ1n) is 12.7. The Morgan fingerprint density at radius 3 is 2.18 bits per heavy atom. The summed E-state index contributed by atoms with van der Waals surface area (Å²) in [7, 11) is 0. The number of nitrogens with zero attached hydrogens (tertiary/aromatic N) is 1. The highest BCUT2D eigenvalue weighted by Gasteiger charge is 2.38. The van der Waals surface area contributed by atoms with E-state index in [2.05, 4.69) is 10.6 Å². The summed E-state index contributed by atoms with van der Waals surface area (Å²) in [6.45, 7) is 13.8. The smallest absolute Gasteiger partial charge is 0.408 e. The second-order valence-corrected chi connectivity index (χ2v) is 11.0. The predicted octanol–water partition coefficient (Wildman–Crippen LogP) is 5.46. The highest BCUT2D eigenvalue weighted by atomic mass is 35.5. The number of amides is 3. The van der Waals surface area contributed by atoms with Crippen molar-refractivity contribution < 1.29 is 24.2 Å². The van der Waals surface area contributed by atoms with E-state index in [1.165, 1.54) is 4.90 Å². The van der Waals surface area contributed by atoms with Gasteiger partial charge in [-0.15, -0.1) is 0 Å². The lowest BCUT2D eigenvalue weighted by Gasteiger charge is -2.38. The summed E-state index contributed by atoms with van der Waals surface area (Å²) in [5, 5.41) is 15.9. The van der Waals surface area contributed by atoms with E-state index in [4.69, 9.17) is 16.3 Å². The molecule has 0 heterocycles.